The van der Waals surface area contributed by atoms with Crippen molar-refractivity contribution in [1.29, 1.82) is 0 Å². The fourth-order valence-corrected chi connectivity index (χ4v) is 5.76. The minimum Gasteiger partial charge on any atom is -0.488 e. The Morgan fingerprint density at radius 2 is 1.48 bits per heavy atom. The molecule has 0 spiro atoms. The third kappa shape index (κ3) is 5.09. The van der Waals surface area contributed by atoms with Crippen LogP contribution in [0.1, 0.15) is 41.0 Å². The summed E-state index contributed by atoms with van der Waals surface area (Å²) >= 11 is 0. The SMILES string of the molecule is O=S(=O)(Oc1c(F)c(F)c(F)c(F)c1F)c1ccc2c(c1)CCC2c1ccc(C(F)(F)F)cc1O[C@H]1CCOC1. The maximum Gasteiger partial charge on any atom is 0.416 e. The van der Waals surface area contributed by atoms with Crippen LogP contribution in [0.25, 0.3) is 0 Å². The Balaban J connectivity index is 1.47. The number of alkyl halides is 3. The normalized spacial score (nSPS) is 19.1. The fraction of sp³-hybridized carbons (Fsp3) is 0.308. The summed E-state index contributed by atoms with van der Waals surface area (Å²) in [7, 11) is -5.05. The van der Waals surface area contributed by atoms with Crippen molar-refractivity contribution in [2.45, 2.75) is 42.4 Å². The van der Waals surface area contributed by atoms with E-state index >= 15 is 0 Å². The van der Waals surface area contributed by atoms with Crippen molar-refractivity contribution in [2.75, 3.05) is 13.2 Å². The first kappa shape index (κ1) is 28.1. The molecule has 1 unspecified atom stereocenters. The number of ether oxygens (including phenoxy) is 2. The summed E-state index contributed by atoms with van der Waals surface area (Å²) in [5.41, 5.74) is 0.520. The van der Waals surface area contributed by atoms with Gasteiger partial charge in [0.15, 0.2) is 0 Å². The maximum absolute atomic E-state index is 14.0. The van der Waals surface area contributed by atoms with Crippen LogP contribution in [0.5, 0.6) is 11.5 Å². The van der Waals surface area contributed by atoms with Crippen LogP contribution in [0.3, 0.4) is 0 Å². The molecule has 1 aliphatic heterocycles. The number of fused-ring (bicyclic) bond motifs is 1. The number of rotatable bonds is 6. The fourth-order valence-electron chi connectivity index (χ4n) is 4.77. The molecule has 3 aromatic rings. The summed E-state index contributed by atoms with van der Waals surface area (Å²) in [4.78, 5) is -0.622. The van der Waals surface area contributed by atoms with E-state index in [0.29, 0.717) is 36.1 Å². The van der Waals surface area contributed by atoms with Crippen molar-refractivity contribution < 1.29 is 57.2 Å². The summed E-state index contributed by atoms with van der Waals surface area (Å²) in [5.74, 6) is -14.6. The molecule has 0 saturated carbocycles. The summed E-state index contributed by atoms with van der Waals surface area (Å²) in [6, 6.07) is 6.59. The van der Waals surface area contributed by atoms with Crippen LogP contribution in [0.4, 0.5) is 35.1 Å². The highest BCUT2D eigenvalue weighted by atomic mass is 32.2. The van der Waals surface area contributed by atoms with Gasteiger partial charge in [-0.15, -0.1) is 0 Å². The molecule has 0 amide bonds. The van der Waals surface area contributed by atoms with Gasteiger partial charge in [-0.05, 0) is 48.2 Å². The highest BCUT2D eigenvalue weighted by molar-refractivity contribution is 7.87. The molecule has 1 aliphatic carbocycles. The second-order valence-electron chi connectivity index (χ2n) is 9.24. The molecule has 1 fully saturated rings. The van der Waals surface area contributed by atoms with Crippen LogP contribution in [0, 0.1) is 29.1 Å². The Bertz CT molecular complexity index is 1550. The number of hydrogen-bond donors (Lipinski definition) is 0. The average Bonchev–Trinajstić information content (AvgIpc) is 3.58. The number of benzene rings is 3. The molecule has 0 bridgehead atoms. The molecule has 1 saturated heterocycles. The van der Waals surface area contributed by atoms with Crippen LogP contribution in [-0.4, -0.2) is 27.7 Å². The minimum atomic E-state index is -5.05. The van der Waals surface area contributed by atoms with E-state index in [9.17, 15) is 43.5 Å². The van der Waals surface area contributed by atoms with Crippen LogP contribution < -0.4 is 8.92 Å². The van der Waals surface area contributed by atoms with Gasteiger partial charge in [0.05, 0.1) is 18.8 Å². The third-order valence-corrected chi connectivity index (χ3v) is 7.96. The van der Waals surface area contributed by atoms with Gasteiger partial charge < -0.3 is 13.7 Å². The Hall–Kier alpha value is -3.39. The van der Waals surface area contributed by atoms with E-state index in [4.69, 9.17) is 9.47 Å². The molecule has 5 rings (SSSR count). The first-order valence-corrected chi connectivity index (χ1v) is 13.2. The lowest BCUT2D eigenvalue weighted by Crippen LogP contribution is -2.18. The van der Waals surface area contributed by atoms with E-state index in [0.717, 1.165) is 24.3 Å². The first-order valence-electron chi connectivity index (χ1n) is 11.8. The Morgan fingerprint density at radius 1 is 0.825 bits per heavy atom. The molecule has 2 aliphatic rings. The lowest BCUT2D eigenvalue weighted by molar-refractivity contribution is -0.137. The lowest BCUT2D eigenvalue weighted by atomic mass is 9.91. The van der Waals surface area contributed by atoms with Gasteiger partial charge in [0, 0.05) is 17.9 Å². The maximum atomic E-state index is 14.0. The van der Waals surface area contributed by atoms with Crippen LogP contribution in [0.15, 0.2) is 41.3 Å². The van der Waals surface area contributed by atoms with Gasteiger partial charge in [-0.1, -0.05) is 12.1 Å². The van der Waals surface area contributed by atoms with Gasteiger partial charge in [0.1, 0.15) is 16.7 Å². The largest absolute Gasteiger partial charge is 0.488 e. The summed E-state index contributed by atoms with van der Waals surface area (Å²) in [5, 5.41) is 0. The smallest absolute Gasteiger partial charge is 0.416 e. The standard InChI is InChI=1S/C26H18F8O5S/c27-20-21(28)23(30)25(24(31)22(20)29)39-40(35,36)15-3-6-16-12(9-15)1-4-17(16)18-5-2-13(26(32,33)34)10-19(18)38-14-7-8-37-11-14/h2-3,5-6,9-10,14,17H,1,4,7-8,11H2/t14-,17?/m0/s1. The zero-order valence-corrected chi connectivity index (χ0v) is 20.9. The van der Waals surface area contributed by atoms with E-state index in [-0.39, 0.29) is 18.8 Å². The molecule has 214 valence electrons. The molecule has 14 heteroatoms. The van der Waals surface area contributed by atoms with Crippen molar-refractivity contribution in [2.24, 2.45) is 0 Å². The Kier molecular flexibility index (Phi) is 7.19. The second-order valence-corrected chi connectivity index (χ2v) is 10.8. The Labute approximate surface area is 222 Å². The van der Waals surface area contributed by atoms with E-state index in [1.807, 2.05) is 0 Å². The van der Waals surface area contributed by atoms with E-state index in [2.05, 4.69) is 4.18 Å². The zero-order chi connectivity index (χ0) is 29.0. The van der Waals surface area contributed by atoms with Gasteiger partial charge in [0.25, 0.3) is 0 Å². The molecular weight excluding hydrogens is 576 g/mol. The van der Waals surface area contributed by atoms with Crippen LogP contribution in [0.2, 0.25) is 0 Å². The molecule has 5 nitrogen and oxygen atoms in total. The van der Waals surface area contributed by atoms with Crippen molar-refractivity contribution >= 4 is 10.1 Å². The number of halogens is 8. The van der Waals surface area contributed by atoms with Gasteiger partial charge in [0.2, 0.25) is 34.8 Å². The average molecular weight is 594 g/mol. The molecule has 40 heavy (non-hydrogen) atoms. The number of aryl methyl sites for hydroxylation is 1. The topological polar surface area (TPSA) is 61.8 Å². The van der Waals surface area contributed by atoms with Crippen LogP contribution in [-0.2, 0) is 27.5 Å². The number of hydrogen-bond acceptors (Lipinski definition) is 5. The van der Waals surface area contributed by atoms with Gasteiger partial charge >= 0.3 is 16.3 Å². The molecule has 3 aromatic carbocycles. The highest BCUT2D eigenvalue weighted by Gasteiger charge is 2.35. The third-order valence-electron chi connectivity index (χ3n) is 6.74. The second kappa shape index (κ2) is 10.2. The zero-order valence-electron chi connectivity index (χ0n) is 20.1. The van der Waals surface area contributed by atoms with Crippen LogP contribution >= 0.6 is 0 Å². The summed E-state index contributed by atoms with van der Waals surface area (Å²) in [6.07, 6.45) is -3.95. The first-order chi connectivity index (χ1) is 18.8. The summed E-state index contributed by atoms with van der Waals surface area (Å²) < 4.78 is 149. The van der Waals surface area contributed by atoms with E-state index in [1.165, 1.54) is 12.1 Å². The lowest BCUT2D eigenvalue weighted by Gasteiger charge is -2.21. The highest BCUT2D eigenvalue weighted by Crippen LogP contribution is 2.45. The molecule has 0 aromatic heterocycles. The molecule has 1 heterocycles. The van der Waals surface area contributed by atoms with Crippen molar-refractivity contribution in [3.05, 3.63) is 87.7 Å². The predicted octanol–water partition coefficient (Wildman–Crippen LogP) is 6.41. The van der Waals surface area contributed by atoms with Crippen molar-refractivity contribution in [3.8, 4) is 11.5 Å². The van der Waals surface area contributed by atoms with Crippen molar-refractivity contribution in [1.82, 2.24) is 0 Å². The van der Waals surface area contributed by atoms with E-state index in [1.54, 1.807) is 0 Å². The molecule has 0 radical (unpaired) electrons. The predicted molar refractivity (Wildman–Crippen MR) is 122 cm³/mol. The van der Waals surface area contributed by atoms with Gasteiger partial charge in [-0.2, -0.15) is 30.4 Å². The minimum absolute atomic E-state index is 0.00881. The van der Waals surface area contributed by atoms with Crippen molar-refractivity contribution in [3.63, 3.8) is 0 Å². The molecule has 0 N–H and O–H groups in total. The molecule has 2 atom stereocenters. The monoisotopic (exact) mass is 594 g/mol. The Morgan fingerprint density at radius 3 is 2.10 bits per heavy atom. The summed E-state index contributed by atoms with van der Waals surface area (Å²) in [6.45, 7) is 0.608. The van der Waals surface area contributed by atoms with Gasteiger partial charge in [-0.25, -0.2) is 13.2 Å². The van der Waals surface area contributed by atoms with Gasteiger partial charge in [-0.3, -0.25) is 0 Å². The molecular formula is C26H18F8O5S. The quantitative estimate of drug-likeness (QED) is 0.143. The van der Waals surface area contributed by atoms with E-state index < -0.39 is 73.6 Å².